The first kappa shape index (κ1) is 9.35. The second-order valence-corrected chi connectivity index (χ2v) is 4.23. The number of hydrogen-bond acceptors (Lipinski definition) is 4. The number of ether oxygens (including phenoxy) is 1. The quantitative estimate of drug-likeness (QED) is 0.680. The average Bonchev–Trinajstić information content (AvgIpc) is 2.96. The van der Waals surface area contributed by atoms with Crippen LogP contribution in [0.4, 0.5) is 0 Å². The molecule has 0 fully saturated rings. The highest BCUT2D eigenvalue weighted by atomic mass is 32.1. The van der Waals surface area contributed by atoms with Gasteiger partial charge in [0.2, 0.25) is 0 Å². The van der Waals surface area contributed by atoms with E-state index in [2.05, 4.69) is 10.1 Å². The van der Waals surface area contributed by atoms with Crippen LogP contribution in [0.15, 0.2) is 35.8 Å². The van der Waals surface area contributed by atoms with Crippen LogP contribution in [-0.4, -0.2) is 21.7 Å². The first-order valence-corrected chi connectivity index (χ1v) is 5.69. The summed E-state index contributed by atoms with van der Waals surface area (Å²) in [6, 6.07) is 7.73. The number of hydrogen-bond donors (Lipinski definition) is 0. The molecule has 4 nitrogen and oxygen atoms in total. The van der Waals surface area contributed by atoms with Gasteiger partial charge in [-0.05, 0) is 17.5 Å². The Morgan fingerprint density at radius 3 is 3.06 bits per heavy atom. The number of nitrogens with zero attached hydrogens (tertiary/aromatic N) is 3. The van der Waals surface area contributed by atoms with Crippen LogP contribution < -0.4 is 4.74 Å². The van der Waals surface area contributed by atoms with Crippen molar-refractivity contribution < 1.29 is 4.74 Å². The molecular weight excluding hydrogens is 222 g/mol. The van der Waals surface area contributed by atoms with Crippen molar-refractivity contribution in [2.75, 3.05) is 7.11 Å². The Labute approximate surface area is 96.1 Å². The highest BCUT2D eigenvalue weighted by Gasteiger charge is 2.07. The zero-order chi connectivity index (χ0) is 11.0. The van der Waals surface area contributed by atoms with Crippen molar-refractivity contribution in [2.45, 2.75) is 0 Å². The van der Waals surface area contributed by atoms with Crippen LogP contribution in [-0.2, 0) is 0 Å². The Morgan fingerprint density at radius 2 is 2.31 bits per heavy atom. The van der Waals surface area contributed by atoms with Crippen molar-refractivity contribution in [3.63, 3.8) is 0 Å². The van der Waals surface area contributed by atoms with E-state index in [9.17, 15) is 0 Å². The molecule has 80 valence electrons. The van der Waals surface area contributed by atoms with Gasteiger partial charge in [0.15, 0.2) is 11.5 Å². The van der Waals surface area contributed by atoms with E-state index in [0.29, 0.717) is 0 Å². The molecule has 0 aliphatic heterocycles. The van der Waals surface area contributed by atoms with Gasteiger partial charge in [0.25, 0.3) is 0 Å². The summed E-state index contributed by atoms with van der Waals surface area (Å²) in [7, 11) is 1.64. The first-order chi connectivity index (χ1) is 7.86. The SMILES string of the molecule is COc1ccn2nc(-c3cccs3)nc2c1. The van der Waals surface area contributed by atoms with Gasteiger partial charge in [-0.3, -0.25) is 0 Å². The summed E-state index contributed by atoms with van der Waals surface area (Å²) >= 11 is 1.63. The van der Waals surface area contributed by atoms with Gasteiger partial charge in [-0.25, -0.2) is 9.50 Å². The second-order valence-electron chi connectivity index (χ2n) is 3.28. The molecule has 0 saturated heterocycles. The minimum atomic E-state index is 0.753. The topological polar surface area (TPSA) is 39.4 Å². The predicted molar refractivity (Wildman–Crippen MR) is 62.9 cm³/mol. The third-order valence-electron chi connectivity index (χ3n) is 2.29. The normalized spacial score (nSPS) is 10.8. The number of rotatable bonds is 2. The van der Waals surface area contributed by atoms with Crippen LogP contribution in [0.1, 0.15) is 0 Å². The van der Waals surface area contributed by atoms with E-state index in [4.69, 9.17) is 4.74 Å². The molecule has 3 aromatic rings. The van der Waals surface area contributed by atoms with Crippen LogP contribution in [0.5, 0.6) is 5.75 Å². The van der Waals surface area contributed by atoms with Gasteiger partial charge in [-0.1, -0.05) is 6.07 Å². The Kier molecular flexibility index (Phi) is 2.11. The van der Waals surface area contributed by atoms with Crippen molar-refractivity contribution in [3.8, 4) is 16.5 Å². The zero-order valence-electron chi connectivity index (χ0n) is 8.62. The highest BCUT2D eigenvalue weighted by molar-refractivity contribution is 7.13. The number of methoxy groups -OCH3 is 1. The molecule has 3 rings (SSSR count). The van der Waals surface area contributed by atoms with Gasteiger partial charge in [-0.15, -0.1) is 16.4 Å². The van der Waals surface area contributed by atoms with Crippen molar-refractivity contribution in [1.29, 1.82) is 0 Å². The summed E-state index contributed by atoms with van der Waals surface area (Å²) in [6.07, 6.45) is 1.85. The molecule has 0 spiro atoms. The standard InChI is InChI=1S/C11H9N3OS/c1-15-8-4-5-14-10(7-8)12-11(13-14)9-3-2-6-16-9/h2-7H,1H3. The summed E-state index contributed by atoms with van der Waals surface area (Å²) in [5.74, 6) is 1.54. The lowest BCUT2D eigenvalue weighted by molar-refractivity contribution is 0.414. The van der Waals surface area contributed by atoms with E-state index in [0.717, 1.165) is 22.1 Å². The molecule has 0 N–H and O–H groups in total. The molecule has 0 aliphatic carbocycles. The fourth-order valence-electron chi connectivity index (χ4n) is 1.50. The Morgan fingerprint density at radius 1 is 1.38 bits per heavy atom. The van der Waals surface area contributed by atoms with Crippen LogP contribution in [0, 0.1) is 0 Å². The molecule has 0 radical (unpaired) electrons. The van der Waals surface area contributed by atoms with Gasteiger partial charge >= 0.3 is 0 Å². The lowest BCUT2D eigenvalue weighted by Gasteiger charge is -1.97. The Hall–Kier alpha value is -1.88. The van der Waals surface area contributed by atoms with Gasteiger partial charge in [0.1, 0.15) is 5.75 Å². The summed E-state index contributed by atoms with van der Waals surface area (Å²) < 4.78 is 6.89. The summed E-state index contributed by atoms with van der Waals surface area (Å²) in [5, 5.41) is 6.41. The van der Waals surface area contributed by atoms with Crippen LogP contribution in [0.3, 0.4) is 0 Å². The Balaban J connectivity index is 2.16. The summed E-state index contributed by atoms with van der Waals surface area (Å²) in [6.45, 7) is 0. The molecule has 0 unspecified atom stereocenters. The van der Waals surface area contributed by atoms with Crippen molar-refractivity contribution >= 4 is 17.0 Å². The number of pyridine rings is 1. The molecule has 3 heterocycles. The molecular formula is C11H9N3OS. The van der Waals surface area contributed by atoms with E-state index in [1.54, 1.807) is 23.0 Å². The minimum absolute atomic E-state index is 0.753. The largest absolute Gasteiger partial charge is 0.497 e. The molecule has 0 bridgehead atoms. The average molecular weight is 231 g/mol. The molecule has 0 aromatic carbocycles. The smallest absolute Gasteiger partial charge is 0.192 e. The molecule has 0 aliphatic rings. The van der Waals surface area contributed by atoms with Gasteiger partial charge in [0.05, 0.1) is 12.0 Å². The molecule has 0 amide bonds. The molecule has 0 atom stereocenters. The molecule has 3 aromatic heterocycles. The monoisotopic (exact) mass is 231 g/mol. The number of fused-ring (bicyclic) bond motifs is 1. The van der Waals surface area contributed by atoms with Gasteiger partial charge < -0.3 is 4.74 Å². The van der Waals surface area contributed by atoms with Gasteiger partial charge in [-0.2, -0.15) is 0 Å². The highest BCUT2D eigenvalue weighted by Crippen LogP contribution is 2.22. The maximum atomic E-state index is 5.14. The number of aromatic nitrogens is 3. The Bertz CT molecular complexity index is 615. The fourth-order valence-corrected chi connectivity index (χ4v) is 2.15. The fraction of sp³-hybridized carbons (Fsp3) is 0.0909. The first-order valence-electron chi connectivity index (χ1n) is 4.81. The minimum Gasteiger partial charge on any atom is -0.497 e. The van der Waals surface area contributed by atoms with E-state index in [-0.39, 0.29) is 0 Å². The lowest BCUT2D eigenvalue weighted by Crippen LogP contribution is -1.88. The summed E-state index contributed by atoms with van der Waals surface area (Å²) in [4.78, 5) is 5.52. The van der Waals surface area contributed by atoms with E-state index in [1.807, 2.05) is 35.8 Å². The second kappa shape index (κ2) is 3.61. The van der Waals surface area contributed by atoms with E-state index < -0.39 is 0 Å². The van der Waals surface area contributed by atoms with Crippen molar-refractivity contribution in [3.05, 3.63) is 35.8 Å². The third-order valence-corrected chi connectivity index (χ3v) is 3.15. The predicted octanol–water partition coefficient (Wildman–Crippen LogP) is 2.47. The maximum absolute atomic E-state index is 5.14. The van der Waals surface area contributed by atoms with E-state index >= 15 is 0 Å². The van der Waals surface area contributed by atoms with Crippen molar-refractivity contribution in [1.82, 2.24) is 14.6 Å². The molecule has 5 heteroatoms. The maximum Gasteiger partial charge on any atom is 0.192 e. The number of thiophene rings is 1. The molecule has 0 saturated carbocycles. The lowest BCUT2D eigenvalue weighted by atomic mass is 10.4. The van der Waals surface area contributed by atoms with Crippen LogP contribution >= 0.6 is 11.3 Å². The van der Waals surface area contributed by atoms with Crippen molar-refractivity contribution in [2.24, 2.45) is 0 Å². The summed E-state index contributed by atoms with van der Waals surface area (Å²) in [5.41, 5.74) is 0.794. The zero-order valence-corrected chi connectivity index (χ0v) is 9.44. The van der Waals surface area contributed by atoms with Gasteiger partial charge in [0, 0.05) is 12.3 Å². The van der Waals surface area contributed by atoms with Crippen LogP contribution in [0.25, 0.3) is 16.3 Å². The third kappa shape index (κ3) is 1.45. The van der Waals surface area contributed by atoms with Crippen LogP contribution in [0.2, 0.25) is 0 Å². The molecule has 16 heavy (non-hydrogen) atoms. The van der Waals surface area contributed by atoms with E-state index in [1.165, 1.54) is 0 Å².